The first kappa shape index (κ1) is 19.0. The van der Waals surface area contributed by atoms with Gasteiger partial charge in [0.05, 0.1) is 0 Å². The van der Waals surface area contributed by atoms with E-state index in [0.29, 0.717) is 6.04 Å². The second kappa shape index (κ2) is 9.87. The molecule has 0 aromatic heterocycles. The van der Waals surface area contributed by atoms with Gasteiger partial charge in [-0.05, 0) is 26.0 Å². The molecule has 0 spiro atoms. The van der Waals surface area contributed by atoms with Crippen LogP contribution in [0.5, 0.6) is 0 Å². The Kier molecular flexibility index (Phi) is 8.95. The lowest BCUT2D eigenvalue weighted by Gasteiger charge is -2.08. The Balaban J connectivity index is 0.000000384. The van der Waals surface area contributed by atoms with Gasteiger partial charge in [-0.15, -0.1) is 0 Å². The van der Waals surface area contributed by atoms with Crippen LogP contribution in [0.1, 0.15) is 12.5 Å². The highest BCUT2D eigenvalue weighted by atomic mass is 16.4. The number of carboxylic acid groups (broad SMARTS) is 2. The van der Waals surface area contributed by atoms with Crippen LogP contribution in [0.2, 0.25) is 0 Å². The Bertz CT molecular complexity index is 418. The summed E-state index contributed by atoms with van der Waals surface area (Å²) in [6, 6.07) is 11.1. The molecular weight excluding hydrogens is 278 g/mol. The van der Waals surface area contributed by atoms with Gasteiger partial charge in [0.15, 0.2) is 12.2 Å². The standard InChI is InChI=1S/C10H15N.C4H6O6/c1-9(11-2)8-10-6-4-3-5-7-10;5-1(3(7)8)2(6)4(9)10/h3-7,9,11H,8H2,1-2H3;1-2,5-6H,(H,7,8)(H,9,10). The number of aliphatic hydroxyl groups excluding tert-OH is 2. The third-order valence-electron chi connectivity index (χ3n) is 2.68. The summed E-state index contributed by atoms with van der Waals surface area (Å²) < 4.78 is 0. The van der Waals surface area contributed by atoms with Crippen molar-refractivity contribution in [2.75, 3.05) is 7.05 Å². The Morgan fingerprint density at radius 2 is 1.48 bits per heavy atom. The van der Waals surface area contributed by atoms with Gasteiger partial charge in [-0.25, -0.2) is 9.59 Å². The molecule has 1 aromatic rings. The summed E-state index contributed by atoms with van der Waals surface area (Å²) in [4.78, 5) is 19.5. The first-order valence-electron chi connectivity index (χ1n) is 6.32. The van der Waals surface area contributed by atoms with Crippen molar-refractivity contribution in [3.8, 4) is 0 Å². The lowest BCUT2D eigenvalue weighted by Crippen LogP contribution is -2.39. The first-order valence-corrected chi connectivity index (χ1v) is 6.32. The summed E-state index contributed by atoms with van der Waals surface area (Å²) in [7, 11) is 1.99. The topological polar surface area (TPSA) is 127 Å². The number of benzene rings is 1. The molecule has 0 saturated carbocycles. The van der Waals surface area contributed by atoms with Crippen LogP contribution in [-0.4, -0.2) is 57.7 Å². The zero-order valence-corrected chi connectivity index (χ0v) is 11.9. The summed E-state index contributed by atoms with van der Waals surface area (Å²) in [5.41, 5.74) is 1.40. The first-order chi connectivity index (χ1) is 9.79. The third-order valence-corrected chi connectivity index (χ3v) is 2.68. The molecule has 7 nitrogen and oxygen atoms in total. The molecule has 0 saturated heterocycles. The number of nitrogens with one attached hydrogen (secondary N) is 1. The molecule has 0 aliphatic heterocycles. The van der Waals surface area contributed by atoms with Crippen molar-refractivity contribution in [2.45, 2.75) is 31.6 Å². The molecule has 3 atom stereocenters. The van der Waals surface area contributed by atoms with Crippen molar-refractivity contribution >= 4 is 11.9 Å². The molecule has 0 aliphatic rings. The molecule has 3 unspecified atom stereocenters. The van der Waals surface area contributed by atoms with Crippen molar-refractivity contribution < 1.29 is 30.0 Å². The second-order valence-corrected chi connectivity index (χ2v) is 4.45. The molecule has 0 fully saturated rings. The van der Waals surface area contributed by atoms with Gasteiger partial charge in [-0.1, -0.05) is 30.3 Å². The number of hydrogen-bond acceptors (Lipinski definition) is 5. The molecular formula is C14H21NO6. The predicted molar refractivity (Wildman–Crippen MR) is 76.0 cm³/mol. The zero-order chi connectivity index (χ0) is 16.4. The highest BCUT2D eigenvalue weighted by molar-refractivity contribution is 5.83. The van der Waals surface area contributed by atoms with E-state index in [0.717, 1.165) is 6.42 Å². The van der Waals surface area contributed by atoms with Crippen LogP contribution in [0.4, 0.5) is 0 Å². The van der Waals surface area contributed by atoms with E-state index < -0.39 is 24.1 Å². The number of carboxylic acids is 2. The second-order valence-electron chi connectivity index (χ2n) is 4.45. The van der Waals surface area contributed by atoms with E-state index >= 15 is 0 Å². The SMILES string of the molecule is CNC(C)Cc1ccccc1.O=C(O)C(O)C(O)C(=O)O. The number of aliphatic carboxylic acids is 2. The van der Waals surface area contributed by atoms with E-state index in [9.17, 15) is 9.59 Å². The number of carbonyl (C=O) groups is 2. The van der Waals surface area contributed by atoms with E-state index in [1.54, 1.807) is 0 Å². The Morgan fingerprint density at radius 3 is 1.81 bits per heavy atom. The van der Waals surface area contributed by atoms with Crippen molar-refractivity contribution in [3.05, 3.63) is 35.9 Å². The summed E-state index contributed by atoms with van der Waals surface area (Å²) in [6.45, 7) is 2.19. The van der Waals surface area contributed by atoms with Crippen LogP contribution in [0.15, 0.2) is 30.3 Å². The van der Waals surface area contributed by atoms with Gasteiger partial charge in [0.25, 0.3) is 0 Å². The molecule has 118 valence electrons. The fraction of sp³-hybridized carbons (Fsp3) is 0.429. The fourth-order valence-corrected chi connectivity index (χ4v) is 1.34. The van der Waals surface area contributed by atoms with Crippen molar-refractivity contribution in [2.24, 2.45) is 0 Å². The molecule has 1 aromatic carbocycles. The van der Waals surface area contributed by atoms with Crippen molar-refractivity contribution in [3.63, 3.8) is 0 Å². The number of likely N-dealkylation sites (N-methyl/N-ethyl adjacent to an activating group) is 1. The highest BCUT2D eigenvalue weighted by Crippen LogP contribution is 2.01. The molecule has 0 radical (unpaired) electrons. The summed E-state index contributed by atoms with van der Waals surface area (Å²) in [6.07, 6.45) is -3.42. The van der Waals surface area contributed by atoms with Gasteiger partial charge in [0, 0.05) is 6.04 Å². The Morgan fingerprint density at radius 1 is 1.05 bits per heavy atom. The predicted octanol–water partition coefficient (Wildman–Crippen LogP) is -0.286. The van der Waals surface area contributed by atoms with Crippen LogP contribution >= 0.6 is 0 Å². The summed E-state index contributed by atoms with van der Waals surface area (Å²) in [5.74, 6) is -3.54. The molecule has 0 amide bonds. The zero-order valence-electron chi connectivity index (χ0n) is 11.9. The smallest absolute Gasteiger partial charge is 0.335 e. The number of rotatable bonds is 6. The van der Waals surface area contributed by atoms with E-state index in [1.165, 1.54) is 5.56 Å². The molecule has 5 N–H and O–H groups in total. The van der Waals surface area contributed by atoms with Crippen LogP contribution in [0, 0.1) is 0 Å². The van der Waals surface area contributed by atoms with Crippen LogP contribution in [0.3, 0.4) is 0 Å². The van der Waals surface area contributed by atoms with E-state index in [1.807, 2.05) is 13.1 Å². The summed E-state index contributed by atoms with van der Waals surface area (Å²) in [5, 5.41) is 35.7. The minimum Gasteiger partial charge on any atom is -0.479 e. The number of hydrogen-bond donors (Lipinski definition) is 5. The van der Waals surface area contributed by atoms with Crippen LogP contribution in [0.25, 0.3) is 0 Å². The lowest BCUT2D eigenvalue weighted by molar-refractivity contribution is -0.165. The Hall–Kier alpha value is -1.96. The van der Waals surface area contributed by atoms with Crippen LogP contribution in [-0.2, 0) is 16.0 Å². The highest BCUT2D eigenvalue weighted by Gasteiger charge is 2.29. The molecule has 0 bridgehead atoms. The van der Waals surface area contributed by atoms with E-state index in [-0.39, 0.29) is 0 Å². The third kappa shape index (κ3) is 8.03. The maximum atomic E-state index is 9.77. The van der Waals surface area contributed by atoms with Crippen LogP contribution < -0.4 is 5.32 Å². The van der Waals surface area contributed by atoms with Gasteiger partial charge in [0.2, 0.25) is 0 Å². The largest absolute Gasteiger partial charge is 0.479 e. The van der Waals surface area contributed by atoms with Gasteiger partial charge >= 0.3 is 11.9 Å². The lowest BCUT2D eigenvalue weighted by atomic mass is 10.1. The van der Waals surface area contributed by atoms with Gasteiger partial charge in [-0.3, -0.25) is 0 Å². The van der Waals surface area contributed by atoms with Crippen molar-refractivity contribution in [1.82, 2.24) is 5.32 Å². The molecule has 0 aliphatic carbocycles. The Labute approximate surface area is 122 Å². The molecule has 7 heteroatoms. The monoisotopic (exact) mass is 299 g/mol. The quantitative estimate of drug-likeness (QED) is 0.488. The normalized spacial score (nSPS) is 14.3. The minimum atomic E-state index is -2.27. The van der Waals surface area contributed by atoms with E-state index in [2.05, 4.69) is 36.5 Å². The van der Waals surface area contributed by atoms with Gasteiger partial charge in [-0.2, -0.15) is 0 Å². The maximum Gasteiger partial charge on any atom is 0.335 e. The average Bonchev–Trinajstić information content (AvgIpc) is 2.47. The molecule has 0 heterocycles. The minimum absolute atomic E-state index is 0.567. The molecule has 21 heavy (non-hydrogen) atoms. The number of aliphatic hydroxyl groups is 2. The fourth-order valence-electron chi connectivity index (χ4n) is 1.34. The summed E-state index contributed by atoms with van der Waals surface area (Å²) >= 11 is 0. The van der Waals surface area contributed by atoms with Crippen molar-refractivity contribution in [1.29, 1.82) is 0 Å². The van der Waals surface area contributed by atoms with Gasteiger partial charge in [0.1, 0.15) is 0 Å². The average molecular weight is 299 g/mol. The maximum absolute atomic E-state index is 9.77. The van der Waals surface area contributed by atoms with E-state index in [4.69, 9.17) is 20.4 Å². The molecule has 1 rings (SSSR count). The van der Waals surface area contributed by atoms with Gasteiger partial charge < -0.3 is 25.7 Å².